The molecule has 4 rings (SSSR count). The van der Waals surface area contributed by atoms with Gasteiger partial charge in [0.05, 0.1) is 0 Å². The van der Waals surface area contributed by atoms with Crippen LogP contribution in [0, 0.1) is 46.3 Å². The number of hydrogen-bond donors (Lipinski definition) is 0. The van der Waals surface area contributed by atoms with Crippen LogP contribution in [0.4, 0.5) is 0 Å². The molecule has 2 fully saturated rings. The fourth-order valence-electron chi connectivity index (χ4n) is 8.19. The lowest BCUT2D eigenvalue weighted by Crippen LogP contribution is -2.49. The van der Waals surface area contributed by atoms with Crippen molar-refractivity contribution < 1.29 is 4.79 Å². The first-order chi connectivity index (χ1) is 13.4. The quantitative estimate of drug-likeness (QED) is 0.438. The van der Waals surface area contributed by atoms with Crippen LogP contribution >= 0.6 is 0 Å². The minimum absolute atomic E-state index is 0.236. The third-order valence-corrected chi connectivity index (χ3v) is 9.88. The molecule has 156 valence electrons. The summed E-state index contributed by atoms with van der Waals surface area (Å²) in [4.78, 5) is 10.9. The second-order valence-electron chi connectivity index (χ2n) is 11.4. The highest BCUT2D eigenvalue weighted by Gasteiger charge is 2.58. The summed E-state index contributed by atoms with van der Waals surface area (Å²) < 4.78 is 0. The Balaban J connectivity index is 1.48. The van der Waals surface area contributed by atoms with Crippen LogP contribution in [-0.2, 0) is 4.79 Å². The minimum Gasteiger partial charge on any atom is -0.303 e. The van der Waals surface area contributed by atoms with Gasteiger partial charge in [0.15, 0.2) is 0 Å². The van der Waals surface area contributed by atoms with Crippen molar-refractivity contribution in [1.29, 1.82) is 0 Å². The highest BCUT2D eigenvalue weighted by Crippen LogP contribution is 2.66. The third kappa shape index (κ3) is 3.25. The first-order valence-corrected chi connectivity index (χ1v) is 12.2. The molecular formula is C27H42O. The first kappa shape index (κ1) is 20.4. The Morgan fingerprint density at radius 2 is 1.93 bits per heavy atom. The number of hydrogen-bond acceptors (Lipinski definition) is 1. The molecule has 8 atom stereocenters. The summed E-state index contributed by atoms with van der Waals surface area (Å²) in [7, 11) is 0. The van der Waals surface area contributed by atoms with E-state index in [1.807, 2.05) is 0 Å². The van der Waals surface area contributed by atoms with Crippen molar-refractivity contribution in [1.82, 2.24) is 0 Å². The van der Waals surface area contributed by atoms with Gasteiger partial charge in [-0.05, 0) is 97.4 Å². The van der Waals surface area contributed by atoms with Gasteiger partial charge in [-0.1, -0.05) is 58.8 Å². The summed E-state index contributed by atoms with van der Waals surface area (Å²) in [5.41, 5.74) is 2.65. The number of fused-ring (bicyclic) bond motifs is 5. The predicted octanol–water partition coefficient (Wildman–Crippen LogP) is 7.37. The Labute approximate surface area is 173 Å². The van der Waals surface area contributed by atoms with E-state index in [1.165, 1.54) is 57.8 Å². The lowest BCUT2D eigenvalue weighted by molar-refractivity contribution is -0.110. The van der Waals surface area contributed by atoms with Crippen molar-refractivity contribution in [3.63, 3.8) is 0 Å². The summed E-state index contributed by atoms with van der Waals surface area (Å²) in [5.74, 6) is 4.51. The second kappa shape index (κ2) is 7.77. The van der Waals surface area contributed by atoms with Crippen LogP contribution in [0.15, 0.2) is 23.8 Å². The fraction of sp³-hybridized carbons (Fsp3) is 0.815. The predicted molar refractivity (Wildman–Crippen MR) is 118 cm³/mol. The number of aldehydes is 1. The molecule has 0 aliphatic heterocycles. The maximum atomic E-state index is 10.9. The van der Waals surface area contributed by atoms with E-state index < -0.39 is 0 Å². The lowest BCUT2D eigenvalue weighted by Gasteiger charge is -2.56. The molecule has 0 amide bonds. The lowest BCUT2D eigenvalue weighted by atomic mass is 9.48. The molecule has 2 unspecified atom stereocenters. The summed E-state index contributed by atoms with van der Waals surface area (Å²) in [5, 5.41) is 0. The van der Waals surface area contributed by atoms with Gasteiger partial charge in [0, 0.05) is 5.92 Å². The van der Waals surface area contributed by atoms with Crippen molar-refractivity contribution in [3.8, 4) is 0 Å². The van der Waals surface area contributed by atoms with Gasteiger partial charge in [0.25, 0.3) is 0 Å². The zero-order valence-electron chi connectivity index (χ0n) is 18.8. The van der Waals surface area contributed by atoms with Crippen LogP contribution in [0.5, 0.6) is 0 Å². The average Bonchev–Trinajstić information content (AvgIpc) is 3.04. The molecule has 0 spiro atoms. The maximum Gasteiger partial charge on any atom is 0.122 e. The van der Waals surface area contributed by atoms with E-state index in [1.54, 1.807) is 5.57 Å². The Morgan fingerprint density at radius 3 is 2.71 bits per heavy atom. The van der Waals surface area contributed by atoms with Gasteiger partial charge < -0.3 is 4.79 Å². The van der Waals surface area contributed by atoms with E-state index in [0.29, 0.717) is 10.8 Å². The van der Waals surface area contributed by atoms with E-state index in [2.05, 4.69) is 45.9 Å². The molecule has 0 aromatic carbocycles. The standard InChI is InChI=1S/C27H42O/c1-19(18-28)8-7-9-20(2)23-13-14-24-22-12-11-21-10-5-6-16-26(21,3)25(22)15-17-27(23,24)4/h10-12,18-20,22-25H,5-9,13-17H2,1-4H3/t19?,20?,22-,23+,24-,25-,26-,27+/m0/s1. The largest absolute Gasteiger partial charge is 0.303 e. The number of carbonyl (C=O) groups is 1. The Bertz CT molecular complexity index is 645. The average molecular weight is 383 g/mol. The monoisotopic (exact) mass is 382 g/mol. The topological polar surface area (TPSA) is 17.1 Å². The van der Waals surface area contributed by atoms with Gasteiger partial charge in [-0.3, -0.25) is 0 Å². The van der Waals surface area contributed by atoms with E-state index in [9.17, 15) is 4.79 Å². The number of allylic oxidation sites excluding steroid dienone is 4. The van der Waals surface area contributed by atoms with Gasteiger partial charge in [-0.2, -0.15) is 0 Å². The highest BCUT2D eigenvalue weighted by atomic mass is 16.1. The van der Waals surface area contributed by atoms with Crippen LogP contribution in [0.1, 0.15) is 91.9 Å². The molecule has 0 saturated heterocycles. The van der Waals surface area contributed by atoms with Crippen molar-refractivity contribution in [2.24, 2.45) is 46.3 Å². The van der Waals surface area contributed by atoms with E-state index in [4.69, 9.17) is 0 Å². The maximum absolute atomic E-state index is 10.9. The van der Waals surface area contributed by atoms with Crippen LogP contribution in [0.25, 0.3) is 0 Å². The molecule has 0 radical (unpaired) electrons. The molecule has 0 N–H and O–H groups in total. The molecule has 2 saturated carbocycles. The summed E-state index contributed by atoms with van der Waals surface area (Å²) in [6.45, 7) is 9.81. The van der Waals surface area contributed by atoms with Crippen LogP contribution < -0.4 is 0 Å². The second-order valence-corrected chi connectivity index (χ2v) is 11.4. The zero-order chi connectivity index (χ0) is 19.9. The summed E-state index contributed by atoms with van der Waals surface area (Å²) in [6, 6.07) is 0. The Kier molecular flexibility index (Phi) is 5.66. The molecule has 28 heavy (non-hydrogen) atoms. The highest BCUT2D eigenvalue weighted by molar-refractivity contribution is 5.52. The molecule has 0 aromatic heterocycles. The van der Waals surface area contributed by atoms with Crippen molar-refractivity contribution in [2.45, 2.75) is 91.9 Å². The smallest absolute Gasteiger partial charge is 0.122 e. The molecule has 0 aromatic rings. The van der Waals surface area contributed by atoms with Crippen LogP contribution in [0.2, 0.25) is 0 Å². The minimum atomic E-state index is 0.236. The van der Waals surface area contributed by atoms with Crippen molar-refractivity contribution in [3.05, 3.63) is 23.8 Å². The SMILES string of the molecule is CC(C=O)CCCC(C)[C@H]1CC[C@H]2[C@@H]3C=CC4=CCCC[C@]4(C)[C@H]3CC[C@]12C. The third-order valence-electron chi connectivity index (χ3n) is 9.88. The first-order valence-electron chi connectivity index (χ1n) is 12.2. The summed E-state index contributed by atoms with van der Waals surface area (Å²) in [6.07, 6.45) is 22.3. The molecule has 4 aliphatic rings. The van der Waals surface area contributed by atoms with E-state index in [-0.39, 0.29) is 5.92 Å². The molecular weight excluding hydrogens is 340 g/mol. The van der Waals surface area contributed by atoms with Gasteiger partial charge in [-0.15, -0.1) is 0 Å². The van der Waals surface area contributed by atoms with Crippen molar-refractivity contribution in [2.75, 3.05) is 0 Å². The van der Waals surface area contributed by atoms with Gasteiger partial charge in [0.1, 0.15) is 6.29 Å². The molecule has 1 heteroatoms. The van der Waals surface area contributed by atoms with Crippen molar-refractivity contribution >= 4 is 6.29 Å². The fourth-order valence-corrected chi connectivity index (χ4v) is 8.19. The van der Waals surface area contributed by atoms with Crippen LogP contribution in [-0.4, -0.2) is 6.29 Å². The van der Waals surface area contributed by atoms with Gasteiger partial charge in [-0.25, -0.2) is 0 Å². The number of carbonyl (C=O) groups excluding carboxylic acids is 1. The zero-order valence-corrected chi connectivity index (χ0v) is 18.8. The normalized spacial score (nSPS) is 44.1. The van der Waals surface area contributed by atoms with Gasteiger partial charge >= 0.3 is 0 Å². The van der Waals surface area contributed by atoms with Gasteiger partial charge in [0.2, 0.25) is 0 Å². The molecule has 0 heterocycles. The summed E-state index contributed by atoms with van der Waals surface area (Å²) >= 11 is 0. The molecule has 4 aliphatic carbocycles. The van der Waals surface area contributed by atoms with E-state index in [0.717, 1.165) is 42.3 Å². The Hall–Kier alpha value is -0.850. The van der Waals surface area contributed by atoms with E-state index >= 15 is 0 Å². The Morgan fingerprint density at radius 1 is 1.11 bits per heavy atom. The van der Waals surface area contributed by atoms with Crippen LogP contribution in [0.3, 0.4) is 0 Å². The number of rotatable bonds is 6. The molecule has 1 nitrogen and oxygen atoms in total. The molecule has 0 bridgehead atoms.